The molecule has 0 amide bonds. The Bertz CT molecular complexity index is 612. The van der Waals surface area contributed by atoms with Gasteiger partial charge < -0.3 is 5.32 Å². The summed E-state index contributed by atoms with van der Waals surface area (Å²) in [5.41, 5.74) is -0.384. The minimum atomic E-state index is -0.783. The molecule has 0 aliphatic rings. The highest BCUT2D eigenvalue weighted by Crippen LogP contribution is 2.31. The van der Waals surface area contributed by atoms with E-state index < -0.39 is 16.4 Å². The molecule has 0 fully saturated rings. The van der Waals surface area contributed by atoms with E-state index in [1.807, 2.05) is 0 Å². The van der Waals surface area contributed by atoms with Gasteiger partial charge in [-0.05, 0) is 0 Å². The molecule has 0 aliphatic heterocycles. The third-order valence-corrected chi connectivity index (χ3v) is 3.62. The number of non-ortho nitro benzene ring substituents is 1. The molecule has 1 heterocycles. The van der Waals surface area contributed by atoms with Crippen molar-refractivity contribution in [2.24, 2.45) is 0 Å². The number of nitrogens with one attached hydrogen (secondary N) is 1. The second-order valence-corrected chi connectivity index (χ2v) is 5.58. The summed E-state index contributed by atoms with van der Waals surface area (Å²) in [6.45, 7) is 0.277. The van der Waals surface area contributed by atoms with Gasteiger partial charge in [0.25, 0.3) is 5.69 Å². The summed E-state index contributed by atoms with van der Waals surface area (Å²) in [4.78, 5) is 14.5. The number of thiazole rings is 1. The molecule has 0 bridgehead atoms. The molecule has 2 rings (SSSR count). The number of anilines is 1. The Balaban J connectivity index is 2.18. The normalized spacial score (nSPS) is 10.5. The predicted molar refractivity (Wildman–Crippen MR) is 72.5 cm³/mol. The van der Waals surface area contributed by atoms with Crippen LogP contribution in [-0.2, 0) is 6.54 Å². The minimum Gasteiger partial charge on any atom is -0.377 e. The molecule has 1 aromatic carbocycles. The fourth-order valence-electron chi connectivity index (χ4n) is 1.37. The van der Waals surface area contributed by atoms with E-state index in [4.69, 9.17) is 23.2 Å². The number of hydrogen-bond donors (Lipinski definition) is 1. The maximum Gasteiger partial charge on any atom is 0.274 e. The zero-order valence-corrected chi connectivity index (χ0v) is 11.5. The third-order valence-electron chi connectivity index (χ3n) is 2.20. The summed E-state index contributed by atoms with van der Waals surface area (Å²) in [5.74, 6) is -0.783. The number of aromatic nitrogens is 1. The molecule has 0 aliphatic carbocycles. The molecule has 19 heavy (non-hydrogen) atoms. The largest absolute Gasteiger partial charge is 0.377 e. The second-order valence-electron chi connectivity index (χ2n) is 3.47. The van der Waals surface area contributed by atoms with Gasteiger partial charge in [-0.15, -0.1) is 11.3 Å². The van der Waals surface area contributed by atoms with Crippen molar-refractivity contribution in [2.45, 2.75) is 6.54 Å². The molecule has 0 saturated carbocycles. The maximum absolute atomic E-state index is 13.7. The van der Waals surface area contributed by atoms with Crippen LogP contribution in [0.3, 0.4) is 0 Å². The molecule has 1 N–H and O–H groups in total. The van der Waals surface area contributed by atoms with Gasteiger partial charge in [0.15, 0.2) is 10.3 Å². The Kier molecular flexibility index (Phi) is 4.18. The van der Waals surface area contributed by atoms with Gasteiger partial charge in [0, 0.05) is 17.1 Å². The van der Waals surface area contributed by atoms with Crippen LogP contribution in [-0.4, -0.2) is 9.91 Å². The van der Waals surface area contributed by atoms with E-state index in [0.29, 0.717) is 4.47 Å². The zero-order chi connectivity index (χ0) is 14.0. The highest BCUT2D eigenvalue weighted by molar-refractivity contribution is 7.15. The van der Waals surface area contributed by atoms with Crippen molar-refractivity contribution in [1.82, 2.24) is 4.98 Å². The highest BCUT2D eigenvalue weighted by Gasteiger charge is 2.15. The van der Waals surface area contributed by atoms with E-state index in [0.717, 1.165) is 17.0 Å². The highest BCUT2D eigenvalue weighted by atomic mass is 35.5. The average Bonchev–Trinajstić information content (AvgIpc) is 2.73. The van der Waals surface area contributed by atoms with Gasteiger partial charge >= 0.3 is 0 Å². The lowest BCUT2D eigenvalue weighted by Crippen LogP contribution is -2.02. The summed E-state index contributed by atoms with van der Waals surface area (Å²) >= 11 is 12.7. The standard InChI is InChI=1S/C10H6Cl2FN3O2S/c11-7-1-5(16(17)18)2-8(13)9(7)14-3-6-4-15-10(12)19-6/h1-2,4,14H,3H2. The van der Waals surface area contributed by atoms with Crippen LogP contribution in [0.25, 0.3) is 0 Å². The maximum atomic E-state index is 13.7. The second kappa shape index (κ2) is 5.68. The van der Waals surface area contributed by atoms with Gasteiger partial charge in [0.1, 0.15) is 0 Å². The SMILES string of the molecule is O=[N+]([O-])c1cc(F)c(NCc2cnc(Cl)s2)c(Cl)c1. The first-order valence-electron chi connectivity index (χ1n) is 4.95. The van der Waals surface area contributed by atoms with Gasteiger partial charge in [0.05, 0.1) is 28.2 Å². The first-order valence-corrected chi connectivity index (χ1v) is 6.52. The Morgan fingerprint density at radius 3 is 2.74 bits per heavy atom. The van der Waals surface area contributed by atoms with Crippen molar-refractivity contribution in [2.75, 3.05) is 5.32 Å². The Morgan fingerprint density at radius 1 is 1.47 bits per heavy atom. The third kappa shape index (κ3) is 3.31. The lowest BCUT2D eigenvalue weighted by Gasteiger charge is -2.08. The predicted octanol–water partition coefficient (Wildman–Crippen LogP) is 4.11. The van der Waals surface area contributed by atoms with E-state index in [1.165, 1.54) is 11.3 Å². The lowest BCUT2D eigenvalue weighted by molar-refractivity contribution is -0.385. The van der Waals surface area contributed by atoms with Crippen LogP contribution >= 0.6 is 34.5 Å². The fraction of sp³-hybridized carbons (Fsp3) is 0.100. The van der Waals surface area contributed by atoms with Gasteiger partial charge in [-0.2, -0.15) is 0 Å². The van der Waals surface area contributed by atoms with E-state index in [9.17, 15) is 14.5 Å². The smallest absolute Gasteiger partial charge is 0.274 e. The quantitative estimate of drug-likeness (QED) is 0.679. The topological polar surface area (TPSA) is 68.1 Å². The number of hydrogen-bond acceptors (Lipinski definition) is 5. The molecule has 0 unspecified atom stereocenters. The van der Waals surface area contributed by atoms with Crippen LogP contribution < -0.4 is 5.32 Å². The van der Waals surface area contributed by atoms with Crippen molar-refractivity contribution in [3.63, 3.8) is 0 Å². The number of nitro groups is 1. The van der Waals surface area contributed by atoms with Crippen molar-refractivity contribution in [3.8, 4) is 0 Å². The van der Waals surface area contributed by atoms with Gasteiger partial charge in [0.2, 0.25) is 0 Å². The molecule has 0 saturated heterocycles. The van der Waals surface area contributed by atoms with E-state index in [2.05, 4.69) is 10.3 Å². The Hall–Kier alpha value is -1.44. The zero-order valence-electron chi connectivity index (χ0n) is 9.19. The molecule has 2 aromatic rings. The van der Waals surface area contributed by atoms with Crippen LogP contribution in [0.1, 0.15) is 4.88 Å². The molecule has 1 aromatic heterocycles. The monoisotopic (exact) mass is 321 g/mol. The lowest BCUT2D eigenvalue weighted by atomic mass is 10.2. The molecule has 0 radical (unpaired) electrons. The molecular weight excluding hydrogens is 316 g/mol. The van der Waals surface area contributed by atoms with Crippen LogP contribution in [0.5, 0.6) is 0 Å². The van der Waals surface area contributed by atoms with E-state index in [-0.39, 0.29) is 17.3 Å². The molecular formula is C10H6Cl2FN3O2S. The van der Waals surface area contributed by atoms with Crippen molar-refractivity contribution < 1.29 is 9.31 Å². The molecule has 0 spiro atoms. The van der Waals surface area contributed by atoms with Crippen molar-refractivity contribution >= 4 is 45.9 Å². The molecule has 5 nitrogen and oxygen atoms in total. The molecule has 9 heteroatoms. The van der Waals surface area contributed by atoms with Crippen LogP contribution in [0.15, 0.2) is 18.3 Å². The first kappa shape index (κ1) is 14.0. The van der Waals surface area contributed by atoms with Crippen molar-refractivity contribution in [3.05, 3.63) is 48.6 Å². The summed E-state index contributed by atoms with van der Waals surface area (Å²) in [6, 6.07) is 1.90. The summed E-state index contributed by atoms with van der Waals surface area (Å²) in [6.07, 6.45) is 1.55. The van der Waals surface area contributed by atoms with Gasteiger partial charge in [-0.3, -0.25) is 10.1 Å². The fourth-order valence-corrected chi connectivity index (χ4v) is 2.56. The Labute approximate surface area is 121 Å². The van der Waals surface area contributed by atoms with Crippen LogP contribution in [0.2, 0.25) is 9.49 Å². The molecule has 100 valence electrons. The van der Waals surface area contributed by atoms with Crippen LogP contribution in [0, 0.1) is 15.9 Å². The summed E-state index contributed by atoms with van der Waals surface area (Å²) in [5, 5.41) is 13.2. The Morgan fingerprint density at radius 2 is 2.21 bits per heavy atom. The van der Waals surface area contributed by atoms with E-state index in [1.54, 1.807) is 6.20 Å². The number of nitro benzene ring substituents is 1. The van der Waals surface area contributed by atoms with Crippen molar-refractivity contribution in [1.29, 1.82) is 0 Å². The van der Waals surface area contributed by atoms with Crippen LogP contribution in [0.4, 0.5) is 15.8 Å². The minimum absolute atomic E-state index is 0.0109. The molecule has 0 atom stereocenters. The van der Waals surface area contributed by atoms with Gasteiger partial charge in [-0.1, -0.05) is 23.2 Å². The number of halogens is 3. The summed E-state index contributed by atoms with van der Waals surface area (Å²) in [7, 11) is 0. The number of rotatable bonds is 4. The number of nitrogens with zero attached hydrogens (tertiary/aromatic N) is 2. The average molecular weight is 322 g/mol. The van der Waals surface area contributed by atoms with Gasteiger partial charge in [-0.25, -0.2) is 9.37 Å². The van der Waals surface area contributed by atoms with E-state index >= 15 is 0 Å². The first-order chi connectivity index (χ1) is 8.97. The summed E-state index contributed by atoms with van der Waals surface area (Å²) < 4.78 is 14.1. The number of benzene rings is 1.